The number of ether oxygens (including phenoxy) is 1. The number of likely N-dealkylation sites (tertiary alicyclic amines) is 2. The molecule has 2 saturated heterocycles. The summed E-state index contributed by atoms with van der Waals surface area (Å²) in [4.78, 5) is 98.0. The molecule has 4 aliphatic carbocycles. The number of imide groups is 2. The van der Waals surface area contributed by atoms with E-state index in [1.807, 2.05) is 60.7 Å². The van der Waals surface area contributed by atoms with E-state index in [0.29, 0.717) is 49.8 Å². The molecule has 2 aromatic rings. The Kier molecular flexibility index (Phi) is 18.1. The lowest BCUT2D eigenvalue weighted by molar-refractivity contribution is -0.145. The first-order valence-corrected chi connectivity index (χ1v) is 23.7. The van der Waals surface area contributed by atoms with E-state index in [4.69, 9.17) is 14.9 Å². The van der Waals surface area contributed by atoms with Gasteiger partial charge in [0.15, 0.2) is 11.6 Å². The van der Waals surface area contributed by atoms with E-state index in [1.165, 1.54) is 22.0 Å². The molecule has 2 aliphatic heterocycles. The molecule has 8 rings (SSSR count). The molecule has 0 aromatic heterocycles. The largest absolute Gasteiger partial charge is 0.481 e. The molecule has 8 atom stereocenters. The Morgan fingerprint density at radius 1 is 0.538 bits per heavy atom. The van der Waals surface area contributed by atoms with Crippen LogP contribution >= 0.6 is 0 Å². The molecule has 4 saturated carbocycles. The number of ketones is 2. The molecule has 2 N–H and O–H groups in total. The number of allylic oxidation sites excluding steroid dienone is 2. The van der Waals surface area contributed by atoms with E-state index in [9.17, 15) is 38.4 Å². The lowest BCUT2D eigenvalue weighted by atomic mass is 9.81. The summed E-state index contributed by atoms with van der Waals surface area (Å²) in [5.41, 5.74) is 1.87. The third-order valence-corrected chi connectivity index (χ3v) is 14.0. The van der Waals surface area contributed by atoms with Gasteiger partial charge in [-0.3, -0.25) is 48.2 Å². The van der Waals surface area contributed by atoms with Crippen molar-refractivity contribution < 1.29 is 53.3 Å². The van der Waals surface area contributed by atoms with Crippen molar-refractivity contribution in [2.75, 3.05) is 26.3 Å². The maximum absolute atomic E-state index is 12.7. The highest BCUT2D eigenvalue weighted by atomic mass is 16.5. The number of amides is 4. The maximum Gasteiger partial charge on any atom is 0.306 e. The summed E-state index contributed by atoms with van der Waals surface area (Å²) in [5, 5.41) is 17.1. The fourth-order valence-corrected chi connectivity index (χ4v) is 10.9. The summed E-state index contributed by atoms with van der Waals surface area (Å²) in [6, 6.07) is 18.9. The second-order valence-electron chi connectivity index (χ2n) is 18.3. The third kappa shape index (κ3) is 13.0. The van der Waals surface area contributed by atoms with E-state index in [1.54, 1.807) is 12.2 Å². The molecule has 4 amide bonds. The van der Waals surface area contributed by atoms with E-state index >= 15 is 0 Å². The number of hydrogen-bond donors (Lipinski definition) is 2. The van der Waals surface area contributed by atoms with E-state index < -0.39 is 5.97 Å². The predicted octanol–water partition coefficient (Wildman–Crippen LogP) is 7.11. The Morgan fingerprint density at radius 2 is 0.938 bits per heavy atom. The molecule has 6 fully saturated rings. The number of unbranched alkanes of at least 4 members (excludes halogenated alkanes) is 4. The molecular formula is C52H64N2O11. The Labute approximate surface area is 381 Å². The zero-order valence-corrected chi connectivity index (χ0v) is 37.3. The van der Waals surface area contributed by atoms with Crippen molar-refractivity contribution in [1.82, 2.24) is 9.80 Å². The number of carbonyl (C=O) groups is 8. The number of rotatable bonds is 21. The van der Waals surface area contributed by atoms with Gasteiger partial charge in [0.05, 0.1) is 43.1 Å². The Bertz CT molecular complexity index is 2010. The molecule has 0 spiro atoms. The van der Waals surface area contributed by atoms with Crippen molar-refractivity contribution in [2.24, 2.45) is 47.3 Å². The highest BCUT2D eigenvalue weighted by Crippen LogP contribution is 2.57. The molecule has 13 heteroatoms. The van der Waals surface area contributed by atoms with Gasteiger partial charge < -0.3 is 14.9 Å². The summed E-state index contributed by atoms with van der Waals surface area (Å²) >= 11 is 0. The Morgan fingerprint density at radius 3 is 1.34 bits per heavy atom. The normalized spacial score (nSPS) is 25.7. The van der Waals surface area contributed by atoms with Gasteiger partial charge in [-0.1, -0.05) is 72.8 Å². The highest BCUT2D eigenvalue weighted by molar-refractivity contribution is 6.06. The first-order valence-electron chi connectivity index (χ1n) is 23.7. The second kappa shape index (κ2) is 24.1. The maximum atomic E-state index is 12.7. The summed E-state index contributed by atoms with van der Waals surface area (Å²) < 4.78 is 5.20. The topological polar surface area (TPSA) is 193 Å². The predicted molar refractivity (Wildman–Crippen MR) is 242 cm³/mol. The number of carboxylic acids is 1. The van der Waals surface area contributed by atoms with E-state index in [0.717, 1.165) is 81.8 Å². The van der Waals surface area contributed by atoms with Crippen LogP contribution < -0.4 is 0 Å². The first-order chi connectivity index (χ1) is 31.5. The minimum Gasteiger partial charge on any atom is -0.481 e. The zero-order valence-electron chi connectivity index (χ0n) is 37.3. The van der Waals surface area contributed by atoms with Crippen molar-refractivity contribution in [3.05, 3.63) is 83.9 Å². The van der Waals surface area contributed by atoms with Crippen LogP contribution in [0.25, 0.3) is 12.2 Å². The van der Waals surface area contributed by atoms with Gasteiger partial charge in [0.25, 0.3) is 0 Å². The van der Waals surface area contributed by atoms with Crippen LogP contribution in [0, 0.1) is 47.3 Å². The molecular weight excluding hydrogens is 829 g/mol. The van der Waals surface area contributed by atoms with Crippen LogP contribution in [0.3, 0.4) is 0 Å². The number of aliphatic hydroxyl groups is 1. The molecule has 4 bridgehead atoms. The van der Waals surface area contributed by atoms with Crippen LogP contribution in [0.5, 0.6) is 0 Å². The van der Waals surface area contributed by atoms with E-state index in [-0.39, 0.29) is 97.1 Å². The minimum atomic E-state index is -0.948. The Hall–Kier alpha value is -5.56. The number of nitrogens with zero attached hydrogens (tertiary/aromatic N) is 2. The smallest absolute Gasteiger partial charge is 0.306 e. The average Bonchev–Trinajstić information content (AvgIpc) is 4.19. The number of aliphatic carboxylic acids is 1. The highest BCUT2D eigenvalue weighted by Gasteiger charge is 2.61. The fourth-order valence-electron chi connectivity index (χ4n) is 10.9. The number of carboxylic acid groups (broad SMARTS) is 1. The van der Waals surface area contributed by atoms with Gasteiger partial charge in [-0.2, -0.15) is 0 Å². The molecule has 348 valence electrons. The molecule has 2 aromatic carbocycles. The monoisotopic (exact) mass is 892 g/mol. The van der Waals surface area contributed by atoms with Crippen LogP contribution in [0.15, 0.2) is 72.8 Å². The number of esters is 1. The number of hydrogen-bond acceptors (Lipinski definition) is 10. The van der Waals surface area contributed by atoms with Crippen LogP contribution in [-0.2, 0) is 43.1 Å². The molecule has 0 radical (unpaired) electrons. The van der Waals surface area contributed by atoms with Crippen LogP contribution in [0.1, 0.15) is 114 Å². The molecule has 2 heterocycles. The standard InChI is InChI=1S/C26H31NO5.C14H21NO3.C12H12O3/c28-21(12-9-18-7-3-1-4-8-18)13-14-22(29)32-16-6-2-5-15-27-25(30)23-19-10-11-20(17-19)24(23)26(27)31;16-7-3-1-2-6-15-13(17)11-9-4-5-10(8-9)12(11)14(15)18;13-11(8-9-12(14)15)7-6-10-4-2-1-3-5-10/h1,3-4,7-9,12,19-20,23-24H,2,5-6,10-11,13-17H2;9-12,16H,1-8H2;1-7H,8-9H2,(H,14,15)/b12-9+;;7-6+/t19-,20+,23+,24-;9-,10+,11+,12-;. The number of benzene rings is 2. The average molecular weight is 893 g/mol. The number of fused-ring (bicyclic) bond motifs is 10. The lowest BCUT2D eigenvalue weighted by Crippen LogP contribution is -2.33. The van der Waals surface area contributed by atoms with Gasteiger partial charge in [0, 0.05) is 32.5 Å². The van der Waals surface area contributed by atoms with Gasteiger partial charge >= 0.3 is 11.9 Å². The summed E-state index contributed by atoms with van der Waals surface area (Å²) in [7, 11) is 0. The van der Waals surface area contributed by atoms with Gasteiger partial charge in [-0.05, 0) is 124 Å². The molecule has 0 unspecified atom stereocenters. The SMILES string of the molecule is O=C(/C=C/c1ccccc1)CCC(=O)OCCCCCN1C(=O)[C@@H]2[C@H]3CC[C@H](C3)[C@@H]2C1=O.O=C(O)CCC(=O)/C=C/c1ccccc1.O=C1[C@@H]2[C@H]3CC[C@H](C3)[C@@H]2C(=O)N1CCCCCO. The molecule has 13 nitrogen and oxygen atoms in total. The van der Waals surface area contributed by atoms with Gasteiger partial charge in [-0.15, -0.1) is 0 Å². The van der Waals surface area contributed by atoms with Crippen LogP contribution in [0.4, 0.5) is 0 Å². The van der Waals surface area contributed by atoms with Crippen molar-refractivity contribution >= 4 is 59.3 Å². The third-order valence-electron chi connectivity index (χ3n) is 14.0. The second-order valence-corrected chi connectivity index (χ2v) is 18.3. The zero-order chi connectivity index (χ0) is 46.3. The lowest BCUT2D eigenvalue weighted by Gasteiger charge is -2.19. The number of aliphatic hydroxyl groups excluding tert-OH is 1. The Balaban J connectivity index is 0.000000179. The van der Waals surface area contributed by atoms with Crippen molar-refractivity contribution in [3.63, 3.8) is 0 Å². The van der Waals surface area contributed by atoms with Crippen molar-refractivity contribution in [2.45, 2.75) is 103 Å². The number of carbonyl (C=O) groups excluding carboxylic acids is 7. The minimum absolute atomic E-state index is 0.0223. The van der Waals surface area contributed by atoms with Crippen molar-refractivity contribution in [3.8, 4) is 0 Å². The van der Waals surface area contributed by atoms with Crippen molar-refractivity contribution in [1.29, 1.82) is 0 Å². The van der Waals surface area contributed by atoms with E-state index in [2.05, 4.69) is 0 Å². The summed E-state index contributed by atoms with van der Waals surface area (Å²) in [5.74, 6) is 0.456. The summed E-state index contributed by atoms with van der Waals surface area (Å²) in [6.45, 7) is 1.52. The van der Waals surface area contributed by atoms with Gasteiger partial charge in [-0.25, -0.2) is 0 Å². The van der Waals surface area contributed by atoms with Gasteiger partial charge in [0.1, 0.15) is 0 Å². The quantitative estimate of drug-likeness (QED) is 0.0562. The first kappa shape index (κ1) is 48.9. The fraction of sp³-hybridized carbons (Fsp3) is 0.538. The molecule has 6 aliphatic rings. The van der Waals surface area contributed by atoms with Crippen LogP contribution in [0.2, 0.25) is 0 Å². The summed E-state index contributed by atoms with van der Waals surface area (Å²) in [6.07, 6.45) is 17.8. The van der Waals surface area contributed by atoms with Crippen LogP contribution in [-0.4, -0.2) is 93.4 Å². The molecule has 65 heavy (non-hydrogen) atoms. The van der Waals surface area contributed by atoms with Gasteiger partial charge in [0.2, 0.25) is 23.6 Å².